The van der Waals surface area contributed by atoms with Crippen LogP contribution < -0.4 is 20.7 Å². The Morgan fingerprint density at radius 1 is 1.20 bits per heavy atom. The summed E-state index contributed by atoms with van der Waals surface area (Å²) in [4.78, 5) is 23.7. The van der Waals surface area contributed by atoms with E-state index in [-0.39, 0.29) is 23.7 Å². The van der Waals surface area contributed by atoms with Gasteiger partial charge in [0.15, 0.2) is 5.76 Å². The van der Waals surface area contributed by atoms with Crippen LogP contribution in [0.15, 0.2) is 41.0 Å². The van der Waals surface area contributed by atoms with Gasteiger partial charge in [0.25, 0.3) is 5.91 Å². The van der Waals surface area contributed by atoms with Crippen molar-refractivity contribution in [3.05, 3.63) is 53.5 Å². The van der Waals surface area contributed by atoms with E-state index in [0.717, 1.165) is 16.9 Å². The molecule has 134 valence electrons. The van der Waals surface area contributed by atoms with E-state index >= 15 is 0 Å². The zero-order valence-corrected chi connectivity index (χ0v) is 14.6. The quantitative estimate of drug-likeness (QED) is 0.672. The van der Waals surface area contributed by atoms with Gasteiger partial charge in [0.2, 0.25) is 0 Å². The average Bonchev–Trinajstić information content (AvgIpc) is 3.13. The highest BCUT2D eigenvalue weighted by atomic mass is 16.5. The number of hydrogen-bond donors (Lipinski definition) is 3. The van der Waals surface area contributed by atoms with E-state index in [4.69, 9.17) is 9.15 Å². The molecule has 7 nitrogen and oxygen atoms in total. The summed E-state index contributed by atoms with van der Waals surface area (Å²) in [6, 6.07) is 8.50. The van der Waals surface area contributed by atoms with Gasteiger partial charge in [-0.3, -0.25) is 4.79 Å². The Morgan fingerprint density at radius 2 is 1.96 bits per heavy atom. The van der Waals surface area contributed by atoms with Crippen LogP contribution in [0.5, 0.6) is 5.75 Å². The zero-order valence-electron chi connectivity index (χ0n) is 14.6. The number of amides is 3. The number of furan rings is 1. The third-order valence-corrected chi connectivity index (χ3v) is 3.64. The lowest BCUT2D eigenvalue weighted by Gasteiger charge is -2.18. The molecular weight excluding hydrogens is 322 g/mol. The molecule has 1 unspecified atom stereocenters. The minimum Gasteiger partial charge on any atom is -0.496 e. The van der Waals surface area contributed by atoms with Crippen molar-refractivity contribution in [3.8, 4) is 5.75 Å². The van der Waals surface area contributed by atoms with Crippen molar-refractivity contribution in [1.82, 2.24) is 16.0 Å². The Morgan fingerprint density at radius 3 is 2.64 bits per heavy atom. The SMILES string of the molecule is COc1ccc(C)cc1C(C)NC(=O)NCCNC(=O)c1ccco1. The second-order valence-electron chi connectivity index (χ2n) is 5.60. The van der Waals surface area contributed by atoms with Crippen LogP contribution in [0.25, 0.3) is 0 Å². The second-order valence-corrected chi connectivity index (χ2v) is 5.60. The van der Waals surface area contributed by atoms with Crippen LogP contribution in [0, 0.1) is 6.92 Å². The molecule has 25 heavy (non-hydrogen) atoms. The number of urea groups is 1. The van der Waals surface area contributed by atoms with E-state index in [1.165, 1.54) is 6.26 Å². The van der Waals surface area contributed by atoms with Crippen molar-refractivity contribution in [2.45, 2.75) is 19.9 Å². The molecule has 3 N–H and O–H groups in total. The molecule has 0 fully saturated rings. The van der Waals surface area contributed by atoms with Crippen LogP contribution >= 0.6 is 0 Å². The summed E-state index contributed by atoms with van der Waals surface area (Å²) < 4.78 is 10.3. The van der Waals surface area contributed by atoms with Crippen LogP contribution in [0.2, 0.25) is 0 Å². The molecule has 0 aliphatic heterocycles. The maximum Gasteiger partial charge on any atom is 0.315 e. The summed E-state index contributed by atoms with van der Waals surface area (Å²) in [7, 11) is 1.60. The van der Waals surface area contributed by atoms with E-state index in [2.05, 4.69) is 16.0 Å². The second kappa shape index (κ2) is 8.77. The molecule has 0 aliphatic carbocycles. The normalized spacial score (nSPS) is 11.5. The van der Waals surface area contributed by atoms with E-state index in [9.17, 15) is 9.59 Å². The van der Waals surface area contributed by atoms with E-state index in [1.807, 2.05) is 32.0 Å². The molecule has 1 atom stereocenters. The van der Waals surface area contributed by atoms with Gasteiger partial charge in [-0.2, -0.15) is 0 Å². The highest BCUT2D eigenvalue weighted by Crippen LogP contribution is 2.25. The minimum absolute atomic E-state index is 0.215. The van der Waals surface area contributed by atoms with Gasteiger partial charge in [0, 0.05) is 18.7 Å². The van der Waals surface area contributed by atoms with Gasteiger partial charge in [0.1, 0.15) is 5.75 Å². The molecule has 0 aliphatic rings. The molecule has 0 spiro atoms. The first-order valence-electron chi connectivity index (χ1n) is 8.02. The summed E-state index contributed by atoms with van der Waals surface area (Å²) in [6.45, 7) is 4.47. The lowest BCUT2D eigenvalue weighted by molar-refractivity contribution is 0.0926. The number of hydrogen-bond acceptors (Lipinski definition) is 4. The first kappa shape index (κ1) is 18.4. The molecule has 2 aromatic rings. The summed E-state index contributed by atoms with van der Waals surface area (Å²) >= 11 is 0. The van der Waals surface area contributed by atoms with Gasteiger partial charge in [-0.05, 0) is 32.0 Å². The third-order valence-electron chi connectivity index (χ3n) is 3.64. The number of benzene rings is 1. The number of nitrogens with one attached hydrogen (secondary N) is 3. The van der Waals surface area contributed by atoms with E-state index in [1.54, 1.807) is 19.2 Å². The van der Waals surface area contributed by atoms with Crippen LogP contribution in [0.1, 0.15) is 34.6 Å². The highest BCUT2D eigenvalue weighted by molar-refractivity contribution is 5.91. The van der Waals surface area contributed by atoms with Gasteiger partial charge in [0.05, 0.1) is 19.4 Å². The summed E-state index contributed by atoms with van der Waals surface area (Å²) in [5.41, 5.74) is 1.99. The summed E-state index contributed by atoms with van der Waals surface area (Å²) in [5.74, 6) is 0.652. The smallest absolute Gasteiger partial charge is 0.315 e. The van der Waals surface area contributed by atoms with Crippen molar-refractivity contribution in [2.75, 3.05) is 20.2 Å². The third kappa shape index (κ3) is 5.27. The van der Waals surface area contributed by atoms with Crippen LogP contribution in [-0.4, -0.2) is 32.1 Å². The standard InChI is InChI=1S/C18H23N3O4/c1-12-6-7-15(24-3)14(11-12)13(2)21-18(23)20-9-8-19-17(22)16-5-4-10-25-16/h4-7,10-11,13H,8-9H2,1-3H3,(H,19,22)(H2,20,21,23). The Balaban J connectivity index is 1.76. The molecule has 0 saturated heterocycles. The Hall–Kier alpha value is -2.96. The minimum atomic E-state index is -0.316. The fraction of sp³-hybridized carbons (Fsp3) is 0.333. The highest BCUT2D eigenvalue weighted by Gasteiger charge is 2.14. The monoisotopic (exact) mass is 345 g/mol. The number of ether oxygens (including phenoxy) is 1. The van der Waals surface area contributed by atoms with E-state index in [0.29, 0.717) is 13.1 Å². The lowest BCUT2D eigenvalue weighted by Crippen LogP contribution is -2.41. The van der Waals surface area contributed by atoms with Gasteiger partial charge < -0.3 is 25.1 Å². The van der Waals surface area contributed by atoms with Gasteiger partial charge in [-0.1, -0.05) is 17.7 Å². The molecule has 1 heterocycles. The zero-order chi connectivity index (χ0) is 18.2. The Labute approximate surface area is 146 Å². The topological polar surface area (TPSA) is 92.6 Å². The van der Waals surface area contributed by atoms with Crippen molar-refractivity contribution in [1.29, 1.82) is 0 Å². The molecule has 7 heteroatoms. The molecule has 0 saturated carbocycles. The fourth-order valence-electron chi connectivity index (χ4n) is 2.36. The van der Waals surface area contributed by atoms with Crippen molar-refractivity contribution in [2.24, 2.45) is 0 Å². The Bertz CT molecular complexity index is 713. The van der Waals surface area contributed by atoms with Crippen molar-refractivity contribution < 1.29 is 18.7 Å². The Kier molecular flexibility index (Phi) is 6.45. The molecule has 0 bridgehead atoms. The van der Waals surface area contributed by atoms with Gasteiger partial charge in [-0.25, -0.2) is 4.79 Å². The average molecular weight is 345 g/mol. The van der Waals surface area contributed by atoms with Crippen LogP contribution in [0.4, 0.5) is 4.79 Å². The number of carbonyl (C=O) groups is 2. The number of carbonyl (C=O) groups excluding carboxylic acids is 2. The number of rotatable bonds is 7. The van der Waals surface area contributed by atoms with Crippen LogP contribution in [0.3, 0.4) is 0 Å². The van der Waals surface area contributed by atoms with Gasteiger partial charge in [-0.15, -0.1) is 0 Å². The fourth-order valence-corrected chi connectivity index (χ4v) is 2.36. The predicted molar refractivity (Wildman–Crippen MR) is 93.7 cm³/mol. The maximum atomic E-state index is 12.0. The lowest BCUT2D eigenvalue weighted by atomic mass is 10.0. The molecular formula is C18H23N3O4. The molecule has 2 rings (SSSR count). The molecule has 0 radical (unpaired) electrons. The summed E-state index contributed by atoms with van der Waals surface area (Å²) in [6.07, 6.45) is 1.43. The van der Waals surface area contributed by atoms with Crippen molar-refractivity contribution >= 4 is 11.9 Å². The predicted octanol–water partition coefficient (Wildman–Crippen LogP) is 2.39. The molecule has 1 aromatic heterocycles. The van der Waals surface area contributed by atoms with E-state index < -0.39 is 0 Å². The first-order chi connectivity index (χ1) is 12.0. The summed E-state index contributed by atoms with van der Waals surface area (Å²) in [5, 5.41) is 8.21. The van der Waals surface area contributed by atoms with Crippen molar-refractivity contribution in [3.63, 3.8) is 0 Å². The largest absolute Gasteiger partial charge is 0.496 e. The first-order valence-corrected chi connectivity index (χ1v) is 8.02. The molecule has 1 aromatic carbocycles. The molecule has 3 amide bonds. The van der Waals surface area contributed by atoms with Crippen LogP contribution in [-0.2, 0) is 0 Å². The maximum absolute atomic E-state index is 12.0. The van der Waals surface area contributed by atoms with Gasteiger partial charge >= 0.3 is 6.03 Å². The number of aryl methyl sites for hydroxylation is 1. The number of methoxy groups -OCH3 is 1.